The molecule has 0 heterocycles. The molecular weight excluding hydrogens is 595 g/mol. The van der Waals surface area contributed by atoms with E-state index < -0.39 is 11.9 Å². The first-order chi connectivity index (χ1) is 19.6. The molecule has 43 heavy (non-hydrogen) atoms. The van der Waals surface area contributed by atoms with Gasteiger partial charge in [-0.3, -0.25) is 9.98 Å². The summed E-state index contributed by atoms with van der Waals surface area (Å²) in [7, 11) is 0. The van der Waals surface area contributed by atoms with Gasteiger partial charge in [0.15, 0.2) is 0 Å². The van der Waals surface area contributed by atoms with E-state index in [0.717, 1.165) is 19.3 Å². The third-order valence-electron chi connectivity index (χ3n) is 5.64. The number of benzene rings is 2. The number of nitrogens with zero attached hydrogens (tertiary/aromatic N) is 2. The fourth-order valence-corrected chi connectivity index (χ4v) is 3.82. The number of halogens is 2. The molecule has 0 atom stereocenters. The second-order valence-corrected chi connectivity index (χ2v) is 9.84. The van der Waals surface area contributed by atoms with Crippen molar-refractivity contribution in [3.8, 4) is 11.5 Å². The minimum absolute atomic E-state index is 0. The van der Waals surface area contributed by atoms with Crippen LogP contribution in [0.1, 0.15) is 92.6 Å². The number of ether oxygens (including phenoxy) is 4. The average molecular weight is 642 g/mol. The molecule has 0 amide bonds. The van der Waals surface area contributed by atoms with E-state index in [1.54, 1.807) is 50.2 Å². The highest BCUT2D eigenvalue weighted by Gasteiger charge is 2.18. The van der Waals surface area contributed by atoms with Crippen LogP contribution in [0.5, 0.6) is 11.5 Å². The summed E-state index contributed by atoms with van der Waals surface area (Å²) in [6, 6.07) is 10.3. The van der Waals surface area contributed by atoms with E-state index in [1.165, 1.54) is 0 Å². The van der Waals surface area contributed by atoms with Crippen molar-refractivity contribution in [2.45, 2.75) is 72.9 Å². The molecule has 10 nitrogen and oxygen atoms in total. The van der Waals surface area contributed by atoms with Gasteiger partial charge >= 0.3 is 11.9 Å². The van der Waals surface area contributed by atoms with Crippen LogP contribution in [-0.4, -0.2) is 62.1 Å². The molecule has 0 saturated carbocycles. The molecule has 0 unspecified atom stereocenters. The lowest BCUT2D eigenvalue weighted by Gasteiger charge is -2.14. The van der Waals surface area contributed by atoms with Crippen molar-refractivity contribution in [3.63, 3.8) is 0 Å². The van der Waals surface area contributed by atoms with Crippen LogP contribution < -0.4 is 20.9 Å². The quantitative estimate of drug-likeness (QED) is 0.102. The van der Waals surface area contributed by atoms with Gasteiger partial charge in [0.1, 0.15) is 34.3 Å². The lowest BCUT2D eigenvalue weighted by atomic mass is 10.1. The molecule has 0 aliphatic carbocycles. The van der Waals surface area contributed by atoms with Crippen LogP contribution in [-0.2, 0) is 9.47 Å². The minimum Gasteiger partial charge on any atom is -0.493 e. The van der Waals surface area contributed by atoms with E-state index >= 15 is 0 Å². The normalized spacial score (nSPS) is 11.4. The summed E-state index contributed by atoms with van der Waals surface area (Å²) < 4.78 is 22.2. The van der Waals surface area contributed by atoms with Gasteiger partial charge in [-0.25, -0.2) is 9.59 Å². The van der Waals surface area contributed by atoms with Crippen LogP contribution in [0, 0.1) is 0 Å². The number of nitrogens with two attached hydrogens (primary N) is 2. The maximum atomic E-state index is 12.5. The molecule has 0 fully saturated rings. The molecule has 0 radical (unpaired) electrons. The highest BCUT2D eigenvalue weighted by Crippen LogP contribution is 2.24. The third-order valence-corrected chi connectivity index (χ3v) is 5.64. The van der Waals surface area contributed by atoms with Gasteiger partial charge in [0.2, 0.25) is 0 Å². The Bertz CT molecular complexity index is 1140. The summed E-state index contributed by atoms with van der Waals surface area (Å²) in [4.78, 5) is 33.8. The summed E-state index contributed by atoms with van der Waals surface area (Å²) in [5.74, 6) is 0.613. The number of esters is 2. The van der Waals surface area contributed by atoms with E-state index in [-0.39, 0.29) is 50.1 Å². The predicted molar refractivity (Wildman–Crippen MR) is 176 cm³/mol. The Labute approximate surface area is 267 Å². The van der Waals surface area contributed by atoms with Crippen molar-refractivity contribution in [2.75, 3.05) is 26.4 Å². The van der Waals surface area contributed by atoms with E-state index in [1.807, 2.05) is 27.7 Å². The van der Waals surface area contributed by atoms with Gasteiger partial charge in [-0.15, -0.1) is 24.8 Å². The van der Waals surface area contributed by atoms with Crippen LogP contribution in [0.4, 0.5) is 0 Å². The van der Waals surface area contributed by atoms with Crippen LogP contribution in [0.2, 0.25) is 0 Å². The Morgan fingerprint density at radius 3 is 1.37 bits per heavy atom. The maximum absolute atomic E-state index is 12.5. The number of aliphatic imine (C=N–C) groups is 2. The van der Waals surface area contributed by atoms with Gasteiger partial charge in [0, 0.05) is 23.2 Å². The van der Waals surface area contributed by atoms with Crippen LogP contribution >= 0.6 is 24.8 Å². The molecule has 2 aromatic carbocycles. The van der Waals surface area contributed by atoms with E-state index in [2.05, 4.69) is 9.98 Å². The molecule has 12 heteroatoms. The van der Waals surface area contributed by atoms with Gasteiger partial charge in [-0.1, -0.05) is 0 Å². The SMILES string of the molecule is CCOC(=O)c1cc(C(N)=NC(C)C)ccc1OCCCCCOc1ccc(C(N)=NC(C)C)cc1C(=O)OCC.Cl.Cl. The first kappa shape index (κ1) is 39.5. The smallest absolute Gasteiger partial charge is 0.341 e. The fraction of sp³-hybridized carbons (Fsp3) is 0.484. The predicted octanol–water partition coefficient (Wildman–Crippen LogP) is 5.74. The maximum Gasteiger partial charge on any atom is 0.341 e. The third kappa shape index (κ3) is 13.1. The second-order valence-electron chi connectivity index (χ2n) is 9.84. The van der Waals surface area contributed by atoms with Crippen molar-refractivity contribution >= 4 is 48.4 Å². The number of unbranched alkanes of at least 4 members (excludes halogenated alkanes) is 2. The minimum atomic E-state index is -0.476. The van der Waals surface area contributed by atoms with Crippen LogP contribution in [0.3, 0.4) is 0 Å². The van der Waals surface area contributed by atoms with Gasteiger partial charge < -0.3 is 30.4 Å². The first-order valence-electron chi connectivity index (χ1n) is 14.1. The monoisotopic (exact) mass is 640 g/mol. The summed E-state index contributed by atoms with van der Waals surface area (Å²) in [6.45, 7) is 12.5. The van der Waals surface area contributed by atoms with E-state index in [4.69, 9.17) is 30.4 Å². The summed E-state index contributed by atoms with van der Waals surface area (Å²) >= 11 is 0. The summed E-state index contributed by atoms with van der Waals surface area (Å²) in [5, 5.41) is 0. The Kier molecular flexibility index (Phi) is 18.8. The molecule has 0 bridgehead atoms. The Morgan fingerprint density at radius 1 is 0.674 bits per heavy atom. The second kappa shape index (κ2) is 20.4. The zero-order chi connectivity index (χ0) is 30.4. The van der Waals surface area contributed by atoms with Crippen LogP contribution in [0.15, 0.2) is 46.4 Å². The highest BCUT2D eigenvalue weighted by molar-refractivity contribution is 6.02. The molecule has 2 rings (SSSR count). The van der Waals surface area contributed by atoms with Crippen molar-refractivity contribution in [1.29, 1.82) is 0 Å². The van der Waals surface area contributed by atoms with Crippen molar-refractivity contribution < 1.29 is 28.5 Å². The van der Waals surface area contributed by atoms with Crippen molar-refractivity contribution in [3.05, 3.63) is 58.7 Å². The number of hydrogen-bond donors (Lipinski definition) is 2. The summed E-state index contributed by atoms with van der Waals surface area (Å²) in [5.41, 5.74) is 14.1. The van der Waals surface area contributed by atoms with Crippen LogP contribution in [0.25, 0.3) is 0 Å². The molecule has 0 aliphatic rings. The first-order valence-corrected chi connectivity index (χ1v) is 14.1. The molecular formula is C31H46Cl2N4O6. The standard InChI is InChI=1S/C31H44N4O6.2ClH/c1-7-38-30(36)24-18-22(28(32)34-20(3)4)12-14-26(24)40-16-10-9-11-17-41-27-15-13-23(29(33)35-21(5)6)19-25(27)31(37)39-8-2;;/h12-15,18-21H,7-11,16-17H2,1-6H3,(H2,32,34)(H2,33,35);2*1H. The lowest BCUT2D eigenvalue weighted by Crippen LogP contribution is -2.17. The summed E-state index contributed by atoms with van der Waals surface area (Å²) in [6.07, 6.45) is 2.27. The molecule has 4 N–H and O–H groups in total. The van der Waals surface area contributed by atoms with E-state index in [0.29, 0.717) is 58.6 Å². The number of amidine groups is 2. The topological polar surface area (TPSA) is 148 Å². The molecule has 0 aromatic heterocycles. The Morgan fingerprint density at radius 2 is 1.05 bits per heavy atom. The number of rotatable bonds is 16. The number of carbonyl (C=O) groups is 2. The Balaban J connectivity index is 0.00000882. The molecule has 2 aromatic rings. The van der Waals surface area contributed by atoms with Gasteiger partial charge in [-0.2, -0.15) is 0 Å². The largest absolute Gasteiger partial charge is 0.493 e. The molecule has 0 spiro atoms. The zero-order valence-electron chi connectivity index (χ0n) is 25.9. The van der Waals surface area contributed by atoms with Gasteiger partial charge in [0.25, 0.3) is 0 Å². The lowest BCUT2D eigenvalue weighted by molar-refractivity contribution is 0.0512. The number of carbonyl (C=O) groups excluding carboxylic acids is 2. The van der Waals surface area contributed by atoms with Gasteiger partial charge in [-0.05, 0) is 97.2 Å². The number of hydrogen-bond acceptors (Lipinski definition) is 8. The zero-order valence-corrected chi connectivity index (χ0v) is 27.5. The Hall–Kier alpha value is -3.50. The molecule has 0 aliphatic heterocycles. The molecule has 240 valence electrons. The van der Waals surface area contributed by atoms with Gasteiger partial charge in [0.05, 0.1) is 26.4 Å². The van der Waals surface area contributed by atoms with Crippen molar-refractivity contribution in [2.24, 2.45) is 21.5 Å². The molecule has 0 saturated heterocycles. The highest BCUT2D eigenvalue weighted by atomic mass is 35.5. The van der Waals surface area contributed by atoms with E-state index in [9.17, 15) is 9.59 Å². The fourth-order valence-electron chi connectivity index (χ4n) is 3.82. The van der Waals surface area contributed by atoms with Crippen molar-refractivity contribution in [1.82, 2.24) is 0 Å². The average Bonchev–Trinajstić information content (AvgIpc) is 2.92.